The molecule has 5 nitrogen and oxygen atoms in total. The molecule has 0 aliphatic carbocycles. The minimum Gasteiger partial charge on any atom is -0.341 e. The molecule has 1 fully saturated rings. The monoisotopic (exact) mass is 416 g/mol. The van der Waals surface area contributed by atoms with Gasteiger partial charge >= 0.3 is 0 Å². The lowest BCUT2D eigenvalue weighted by molar-refractivity contribution is -0.133. The lowest BCUT2D eigenvalue weighted by atomic mass is 9.92. The van der Waals surface area contributed by atoms with E-state index in [1.807, 2.05) is 0 Å². The first-order valence-electron chi connectivity index (χ1n) is 8.11. The molecule has 2 rings (SSSR count). The number of aryl methyl sites for hydroxylation is 1. The summed E-state index contributed by atoms with van der Waals surface area (Å²) < 4.78 is 27.4. The number of carbonyl (C=O) groups is 1. The van der Waals surface area contributed by atoms with Gasteiger partial charge in [-0.3, -0.25) is 4.79 Å². The van der Waals surface area contributed by atoms with E-state index in [0.717, 1.165) is 10.7 Å². The van der Waals surface area contributed by atoms with Crippen LogP contribution < -0.4 is 0 Å². The van der Waals surface area contributed by atoms with Gasteiger partial charge < -0.3 is 4.90 Å². The van der Waals surface area contributed by atoms with Crippen LogP contribution in [0, 0.1) is 18.8 Å². The van der Waals surface area contributed by atoms with E-state index in [4.69, 9.17) is 0 Å². The Kier molecular flexibility index (Phi) is 6.09. The molecule has 7 heteroatoms. The molecule has 0 saturated carbocycles. The van der Waals surface area contributed by atoms with Crippen LogP contribution in [-0.2, 0) is 14.8 Å². The van der Waals surface area contributed by atoms with E-state index in [9.17, 15) is 13.2 Å². The van der Waals surface area contributed by atoms with Gasteiger partial charge in [-0.2, -0.15) is 4.31 Å². The normalized spacial score (nSPS) is 22.0. The molecular weight excluding hydrogens is 392 g/mol. The van der Waals surface area contributed by atoms with Gasteiger partial charge in [0.05, 0.1) is 11.4 Å². The average Bonchev–Trinajstić information content (AvgIpc) is 2.48. The van der Waals surface area contributed by atoms with Crippen LogP contribution >= 0.6 is 15.9 Å². The number of amides is 1. The molecule has 134 valence electrons. The van der Waals surface area contributed by atoms with Gasteiger partial charge in [0, 0.05) is 24.6 Å². The van der Waals surface area contributed by atoms with Crippen LogP contribution in [0.2, 0.25) is 0 Å². The maximum absolute atomic E-state index is 12.8. The number of piperidine rings is 1. The second-order valence-corrected chi connectivity index (χ2v) is 9.84. The first-order chi connectivity index (χ1) is 11.1. The van der Waals surface area contributed by atoms with E-state index in [2.05, 4.69) is 29.8 Å². The van der Waals surface area contributed by atoms with Gasteiger partial charge in [0.25, 0.3) is 0 Å². The van der Waals surface area contributed by atoms with Crippen molar-refractivity contribution in [3.63, 3.8) is 0 Å². The molecule has 0 aromatic heterocycles. The molecule has 1 aliphatic rings. The molecule has 24 heavy (non-hydrogen) atoms. The van der Waals surface area contributed by atoms with Gasteiger partial charge in [-0.05, 0) is 42.9 Å². The summed E-state index contributed by atoms with van der Waals surface area (Å²) >= 11 is 3.31. The number of hydrogen-bond acceptors (Lipinski definition) is 3. The van der Waals surface area contributed by atoms with E-state index < -0.39 is 10.0 Å². The molecule has 0 N–H and O–H groups in total. The Balaban J connectivity index is 2.14. The molecule has 1 saturated heterocycles. The van der Waals surface area contributed by atoms with Crippen LogP contribution in [0.4, 0.5) is 0 Å². The predicted molar refractivity (Wildman–Crippen MR) is 98.2 cm³/mol. The second-order valence-electron chi connectivity index (χ2n) is 6.92. The topological polar surface area (TPSA) is 57.7 Å². The zero-order valence-corrected chi connectivity index (χ0v) is 17.0. The van der Waals surface area contributed by atoms with Crippen LogP contribution in [0.5, 0.6) is 0 Å². The molecule has 0 bridgehead atoms. The summed E-state index contributed by atoms with van der Waals surface area (Å²) in [6, 6.07) is 5.13. The summed E-state index contributed by atoms with van der Waals surface area (Å²) in [4.78, 5) is 14.6. The van der Waals surface area contributed by atoms with Crippen molar-refractivity contribution in [2.45, 2.75) is 32.1 Å². The fourth-order valence-electron chi connectivity index (χ4n) is 3.26. The fourth-order valence-corrected chi connectivity index (χ4v) is 5.14. The lowest BCUT2D eigenvalue weighted by Crippen LogP contribution is -2.47. The number of benzene rings is 1. The van der Waals surface area contributed by atoms with Crippen molar-refractivity contribution < 1.29 is 13.2 Å². The molecule has 1 amide bonds. The van der Waals surface area contributed by atoms with Gasteiger partial charge in [-0.1, -0.05) is 35.8 Å². The highest BCUT2D eigenvalue weighted by molar-refractivity contribution is 9.10. The zero-order chi connectivity index (χ0) is 18.1. The van der Waals surface area contributed by atoms with Crippen LogP contribution in [0.3, 0.4) is 0 Å². The molecule has 1 aromatic rings. The van der Waals surface area contributed by atoms with E-state index in [1.165, 1.54) is 7.05 Å². The van der Waals surface area contributed by atoms with Gasteiger partial charge in [0.15, 0.2) is 0 Å². The highest BCUT2D eigenvalue weighted by atomic mass is 79.9. The maximum atomic E-state index is 12.8. The van der Waals surface area contributed by atoms with E-state index in [-0.39, 0.29) is 17.3 Å². The smallest absolute Gasteiger partial charge is 0.243 e. The number of rotatable bonds is 4. The van der Waals surface area contributed by atoms with Crippen molar-refractivity contribution in [3.05, 3.63) is 28.2 Å². The summed E-state index contributed by atoms with van der Waals surface area (Å²) in [5.41, 5.74) is 0.665. The second kappa shape index (κ2) is 7.54. The van der Waals surface area contributed by atoms with Crippen molar-refractivity contribution in [1.82, 2.24) is 9.21 Å². The van der Waals surface area contributed by atoms with Crippen LogP contribution in [0.25, 0.3) is 0 Å². The predicted octanol–water partition coefficient (Wildman–Crippen LogP) is 2.88. The summed E-state index contributed by atoms with van der Waals surface area (Å²) in [5, 5.41) is 0. The molecule has 1 aromatic carbocycles. The third-order valence-electron chi connectivity index (χ3n) is 4.42. The number of nitrogens with zero attached hydrogens (tertiary/aromatic N) is 2. The lowest BCUT2D eigenvalue weighted by Gasteiger charge is -2.35. The molecule has 2 unspecified atom stereocenters. The summed E-state index contributed by atoms with van der Waals surface area (Å²) in [5.74, 6) is 0.769. The first-order valence-corrected chi connectivity index (χ1v) is 10.3. The molecular formula is C17H25BrN2O3S. The SMILES string of the molecule is Cc1ccc(Br)cc1S(=O)(=O)N(C)CC(=O)N1CC(C)CC(C)C1. The van der Waals surface area contributed by atoms with Crippen molar-refractivity contribution in [1.29, 1.82) is 0 Å². The van der Waals surface area contributed by atoms with Gasteiger partial charge in [-0.25, -0.2) is 8.42 Å². The Morgan fingerprint density at radius 2 is 1.88 bits per heavy atom. The number of carbonyl (C=O) groups excluding carboxylic acids is 1. The third kappa shape index (κ3) is 4.37. The van der Waals surface area contributed by atoms with E-state index in [1.54, 1.807) is 30.0 Å². The van der Waals surface area contributed by atoms with Crippen LogP contribution in [0.1, 0.15) is 25.8 Å². The van der Waals surface area contributed by atoms with E-state index in [0.29, 0.717) is 35.0 Å². The van der Waals surface area contributed by atoms with Gasteiger partial charge in [0.2, 0.25) is 15.9 Å². The molecule has 2 atom stereocenters. The minimum atomic E-state index is -3.70. The highest BCUT2D eigenvalue weighted by Crippen LogP contribution is 2.24. The Hall–Kier alpha value is -0.920. The Morgan fingerprint density at radius 3 is 2.46 bits per heavy atom. The number of likely N-dealkylation sites (N-methyl/N-ethyl adjacent to an activating group) is 1. The average molecular weight is 417 g/mol. The van der Waals surface area contributed by atoms with Crippen molar-refractivity contribution in [2.75, 3.05) is 26.7 Å². The quantitative estimate of drug-likeness (QED) is 0.757. The van der Waals surface area contributed by atoms with Gasteiger partial charge in [-0.15, -0.1) is 0 Å². The number of likely N-dealkylation sites (tertiary alicyclic amines) is 1. The van der Waals surface area contributed by atoms with Crippen molar-refractivity contribution >= 4 is 31.9 Å². The Morgan fingerprint density at radius 1 is 1.29 bits per heavy atom. The largest absolute Gasteiger partial charge is 0.341 e. The number of halogens is 1. The summed E-state index contributed by atoms with van der Waals surface area (Å²) in [7, 11) is -2.23. The van der Waals surface area contributed by atoms with Crippen molar-refractivity contribution in [2.24, 2.45) is 11.8 Å². The maximum Gasteiger partial charge on any atom is 0.243 e. The first kappa shape index (κ1) is 19.4. The summed E-state index contributed by atoms with van der Waals surface area (Å²) in [6.45, 7) is 7.28. The van der Waals surface area contributed by atoms with Gasteiger partial charge in [0.1, 0.15) is 0 Å². The molecule has 0 radical (unpaired) electrons. The Labute approximate surface area is 153 Å². The molecule has 1 aliphatic heterocycles. The van der Waals surface area contributed by atoms with E-state index >= 15 is 0 Å². The zero-order valence-electron chi connectivity index (χ0n) is 14.6. The van der Waals surface area contributed by atoms with Crippen LogP contribution in [-0.4, -0.2) is 50.2 Å². The molecule has 0 spiro atoms. The summed E-state index contributed by atoms with van der Waals surface area (Å²) in [6.07, 6.45) is 1.11. The fraction of sp³-hybridized carbons (Fsp3) is 0.588. The standard InChI is InChI=1S/C17H25BrN2O3S/c1-12-7-13(2)10-20(9-12)17(21)11-19(4)24(22,23)16-8-15(18)6-5-14(16)3/h5-6,8,12-13H,7,9-11H2,1-4H3. The minimum absolute atomic E-state index is 0.131. The third-order valence-corrected chi connectivity index (χ3v) is 6.86. The molecule has 1 heterocycles. The number of sulfonamides is 1. The number of hydrogen-bond donors (Lipinski definition) is 0. The van der Waals surface area contributed by atoms with Crippen molar-refractivity contribution in [3.8, 4) is 0 Å². The highest BCUT2D eigenvalue weighted by Gasteiger charge is 2.30. The Bertz CT molecular complexity index is 711. The van der Waals surface area contributed by atoms with Crippen LogP contribution in [0.15, 0.2) is 27.6 Å².